The molecule has 0 aromatic heterocycles. The zero-order valence-corrected chi connectivity index (χ0v) is 12.3. The molecule has 1 saturated heterocycles. The normalized spacial score (nSPS) is 25.1. The molecule has 1 N–H and O–H groups in total. The van der Waals surface area contributed by atoms with Crippen molar-refractivity contribution in [1.82, 2.24) is 5.32 Å². The minimum Gasteiger partial charge on any atom is -0.465 e. The number of ether oxygens (including phenoxy) is 1. The smallest absolute Gasteiger partial charge is 0.313 e. The van der Waals surface area contributed by atoms with Gasteiger partial charge in [0, 0.05) is 6.54 Å². The summed E-state index contributed by atoms with van der Waals surface area (Å²) in [5.74, 6) is 0.558. The summed E-state index contributed by atoms with van der Waals surface area (Å²) in [5.41, 5.74) is -0.247. The lowest BCUT2D eigenvalue weighted by molar-refractivity contribution is -0.156. The topological polar surface area (TPSA) is 38.3 Å². The molecule has 0 radical (unpaired) electrons. The van der Waals surface area contributed by atoms with Crippen molar-refractivity contribution in [2.45, 2.75) is 59.3 Å². The molecule has 2 atom stereocenters. The standard InChI is InChI=1S/C15H29NO2/c1-4-7-8-13(5-2)11-18-14(17)15(6-3)9-10-16-12-15/h13,16H,4-12H2,1-3H3. The number of rotatable bonds is 8. The van der Waals surface area contributed by atoms with Gasteiger partial charge in [-0.3, -0.25) is 4.79 Å². The SMILES string of the molecule is CCCCC(CC)COC(=O)C1(CC)CCNC1. The first-order valence-electron chi connectivity index (χ1n) is 7.56. The Balaban J connectivity index is 2.38. The highest BCUT2D eigenvalue weighted by atomic mass is 16.5. The molecule has 18 heavy (non-hydrogen) atoms. The summed E-state index contributed by atoms with van der Waals surface area (Å²) in [5, 5.41) is 3.28. The van der Waals surface area contributed by atoms with Crippen LogP contribution in [0.5, 0.6) is 0 Å². The molecule has 3 nitrogen and oxygen atoms in total. The van der Waals surface area contributed by atoms with Gasteiger partial charge in [-0.2, -0.15) is 0 Å². The van der Waals surface area contributed by atoms with Crippen LogP contribution in [0.3, 0.4) is 0 Å². The van der Waals surface area contributed by atoms with Gasteiger partial charge in [-0.1, -0.05) is 40.0 Å². The third kappa shape index (κ3) is 3.98. The number of nitrogens with one attached hydrogen (secondary N) is 1. The maximum absolute atomic E-state index is 12.2. The average Bonchev–Trinajstić information content (AvgIpc) is 2.88. The summed E-state index contributed by atoms with van der Waals surface area (Å²) in [7, 11) is 0. The van der Waals surface area contributed by atoms with Crippen LogP contribution in [-0.2, 0) is 9.53 Å². The third-order valence-electron chi connectivity index (χ3n) is 4.35. The monoisotopic (exact) mass is 255 g/mol. The summed E-state index contributed by atoms with van der Waals surface area (Å²) >= 11 is 0. The van der Waals surface area contributed by atoms with E-state index < -0.39 is 0 Å². The third-order valence-corrected chi connectivity index (χ3v) is 4.35. The van der Waals surface area contributed by atoms with Crippen molar-refractivity contribution in [1.29, 1.82) is 0 Å². The van der Waals surface area contributed by atoms with E-state index in [1.165, 1.54) is 19.3 Å². The minimum absolute atomic E-state index is 0.0185. The molecule has 2 unspecified atom stereocenters. The quantitative estimate of drug-likeness (QED) is 0.677. The molecule has 0 spiro atoms. The zero-order chi connectivity index (χ0) is 13.4. The van der Waals surface area contributed by atoms with Gasteiger partial charge in [-0.15, -0.1) is 0 Å². The molecule has 1 heterocycles. The second kappa shape index (κ2) is 7.78. The van der Waals surface area contributed by atoms with Gasteiger partial charge in [0.15, 0.2) is 0 Å². The first kappa shape index (κ1) is 15.5. The maximum Gasteiger partial charge on any atom is 0.313 e. The van der Waals surface area contributed by atoms with Crippen LogP contribution in [0.4, 0.5) is 0 Å². The highest BCUT2D eigenvalue weighted by Gasteiger charge is 2.41. The van der Waals surface area contributed by atoms with Crippen LogP contribution in [0.25, 0.3) is 0 Å². The van der Waals surface area contributed by atoms with Crippen LogP contribution in [0.1, 0.15) is 59.3 Å². The Morgan fingerprint density at radius 2 is 2.17 bits per heavy atom. The van der Waals surface area contributed by atoms with Gasteiger partial charge in [0.25, 0.3) is 0 Å². The van der Waals surface area contributed by atoms with Crippen LogP contribution in [0.15, 0.2) is 0 Å². The fraction of sp³-hybridized carbons (Fsp3) is 0.933. The molecule has 3 heteroatoms. The van der Waals surface area contributed by atoms with E-state index in [0.29, 0.717) is 12.5 Å². The van der Waals surface area contributed by atoms with E-state index >= 15 is 0 Å². The van der Waals surface area contributed by atoms with Crippen molar-refractivity contribution >= 4 is 5.97 Å². The van der Waals surface area contributed by atoms with Crippen LogP contribution in [-0.4, -0.2) is 25.7 Å². The predicted molar refractivity (Wildman–Crippen MR) is 74.5 cm³/mol. The first-order valence-corrected chi connectivity index (χ1v) is 7.56. The Labute approximate surface area is 112 Å². The molecule has 1 fully saturated rings. The van der Waals surface area contributed by atoms with Crippen molar-refractivity contribution in [3.63, 3.8) is 0 Å². The number of unbranched alkanes of at least 4 members (excludes halogenated alkanes) is 1. The molecule has 0 aliphatic carbocycles. The van der Waals surface area contributed by atoms with E-state index in [9.17, 15) is 4.79 Å². The fourth-order valence-electron chi connectivity index (χ4n) is 2.61. The molecule has 1 aliphatic rings. The lowest BCUT2D eigenvalue weighted by Gasteiger charge is -2.25. The Kier molecular flexibility index (Phi) is 6.69. The Hall–Kier alpha value is -0.570. The summed E-state index contributed by atoms with van der Waals surface area (Å²) < 4.78 is 5.59. The fourth-order valence-corrected chi connectivity index (χ4v) is 2.61. The van der Waals surface area contributed by atoms with Crippen molar-refractivity contribution < 1.29 is 9.53 Å². The van der Waals surface area contributed by atoms with Crippen molar-refractivity contribution in [3.8, 4) is 0 Å². The second-order valence-electron chi connectivity index (χ2n) is 5.58. The van der Waals surface area contributed by atoms with Gasteiger partial charge in [-0.05, 0) is 31.7 Å². The lowest BCUT2D eigenvalue weighted by atomic mass is 9.84. The van der Waals surface area contributed by atoms with Gasteiger partial charge in [0.1, 0.15) is 0 Å². The van der Waals surface area contributed by atoms with Crippen molar-refractivity contribution in [2.75, 3.05) is 19.7 Å². The van der Waals surface area contributed by atoms with E-state index in [-0.39, 0.29) is 11.4 Å². The van der Waals surface area contributed by atoms with Gasteiger partial charge in [-0.25, -0.2) is 0 Å². The summed E-state index contributed by atoms with van der Waals surface area (Å²) in [4.78, 5) is 12.2. The van der Waals surface area contributed by atoms with Crippen LogP contribution >= 0.6 is 0 Å². The average molecular weight is 255 g/mol. The molecule has 0 amide bonds. The summed E-state index contributed by atoms with van der Waals surface area (Å²) in [6.45, 7) is 8.81. The molecule has 106 valence electrons. The largest absolute Gasteiger partial charge is 0.465 e. The number of esters is 1. The first-order chi connectivity index (χ1) is 8.68. The summed E-state index contributed by atoms with van der Waals surface area (Å²) in [6, 6.07) is 0. The van der Waals surface area contributed by atoms with Gasteiger partial charge in [0.05, 0.1) is 12.0 Å². The van der Waals surface area contributed by atoms with E-state index in [1.54, 1.807) is 0 Å². The van der Waals surface area contributed by atoms with Gasteiger partial charge in [0.2, 0.25) is 0 Å². The number of carbonyl (C=O) groups is 1. The highest BCUT2D eigenvalue weighted by Crippen LogP contribution is 2.31. The molecule has 1 aliphatic heterocycles. The molecule has 0 aromatic carbocycles. The van der Waals surface area contributed by atoms with Crippen LogP contribution < -0.4 is 5.32 Å². The number of hydrogen-bond donors (Lipinski definition) is 1. The number of carbonyl (C=O) groups excluding carboxylic acids is 1. The highest BCUT2D eigenvalue weighted by molar-refractivity contribution is 5.77. The van der Waals surface area contributed by atoms with Crippen molar-refractivity contribution in [3.05, 3.63) is 0 Å². The second-order valence-corrected chi connectivity index (χ2v) is 5.58. The molecular formula is C15H29NO2. The lowest BCUT2D eigenvalue weighted by Crippen LogP contribution is -2.35. The molecule has 0 aromatic rings. The van der Waals surface area contributed by atoms with Gasteiger partial charge >= 0.3 is 5.97 Å². The van der Waals surface area contributed by atoms with Crippen molar-refractivity contribution in [2.24, 2.45) is 11.3 Å². The predicted octanol–water partition coefficient (Wildman–Crippen LogP) is 3.14. The van der Waals surface area contributed by atoms with E-state index in [0.717, 1.165) is 32.4 Å². The Morgan fingerprint density at radius 3 is 2.67 bits per heavy atom. The van der Waals surface area contributed by atoms with Gasteiger partial charge < -0.3 is 10.1 Å². The molecule has 0 bridgehead atoms. The summed E-state index contributed by atoms with van der Waals surface area (Å²) in [6.07, 6.45) is 6.53. The van der Waals surface area contributed by atoms with E-state index in [1.807, 2.05) is 0 Å². The van der Waals surface area contributed by atoms with E-state index in [2.05, 4.69) is 26.1 Å². The Bertz CT molecular complexity index is 247. The maximum atomic E-state index is 12.2. The zero-order valence-electron chi connectivity index (χ0n) is 12.3. The van der Waals surface area contributed by atoms with E-state index in [4.69, 9.17) is 4.74 Å². The Morgan fingerprint density at radius 1 is 1.39 bits per heavy atom. The minimum atomic E-state index is -0.247. The molecule has 1 rings (SSSR count). The number of hydrogen-bond acceptors (Lipinski definition) is 3. The van der Waals surface area contributed by atoms with Crippen LogP contribution in [0.2, 0.25) is 0 Å². The molecular weight excluding hydrogens is 226 g/mol. The molecule has 0 saturated carbocycles. The van der Waals surface area contributed by atoms with Crippen LogP contribution in [0, 0.1) is 11.3 Å².